The molecule has 1 aromatic rings. The Morgan fingerprint density at radius 1 is 1.04 bits per heavy atom. The summed E-state index contributed by atoms with van der Waals surface area (Å²) < 4.78 is 13.1. The number of nitrogens with one attached hydrogen (secondary N) is 1. The zero-order chi connectivity index (χ0) is 20.1. The van der Waals surface area contributed by atoms with Gasteiger partial charge in [-0.1, -0.05) is 6.92 Å². The van der Waals surface area contributed by atoms with Crippen molar-refractivity contribution in [2.75, 3.05) is 31.1 Å². The van der Waals surface area contributed by atoms with Crippen molar-refractivity contribution in [2.24, 2.45) is 11.8 Å². The van der Waals surface area contributed by atoms with Crippen molar-refractivity contribution in [3.05, 3.63) is 30.1 Å². The quantitative estimate of drug-likeness (QED) is 0.841. The van der Waals surface area contributed by atoms with E-state index in [1.54, 1.807) is 12.1 Å². The fourth-order valence-corrected chi connectivity index (χ4v) is 4.16. The van der Waals surface area contributed by atoms with Gasteiger partial charge in [-0.25, -0.2) is 4.39 Å². The maximum Gasteiger partial charge on any atom is 0.225 e. The van der Waals surface area contributed by atoms with Crippen LogP contribution in [0.4, 0.5) is 10.1 Å². The SMILES string of the molecule is CCC(C)NC(=O)C1CCC(C(=O)N2CCN(c3ccc(F)cc3)CC2)CC1. The number of amides is 2. The van der Waals surface area contributed by atoms with Crippen molar-refractivity contribution in [3.63, 3.8) is 0 Å². The van der Waals surface area contributed by atoms with E-state index in [1.165, 1.54) is 12.1 Å². The highest BCUT2D eigenvalue weighted by Gasteiger charge is 2.33. The van der Waals surface area contributed by atoms with Crippen LogP contribution in [0.15, 0.2) is 24.3 Å². The van der Waals surface area contributed by atoms with Crippen LogP contribution in [-0.4, -0.2) is 48.9 Å². The average Bonchev–Trinajstić information content (AvgIpc) is 2.74. The van der Waals surface area contributed by atoms with Crippen molar-refractivity contribution in [2.45, 2.75) is 52.0 Å². The van der Waals surface area contributed by atoms with E-state index in [9.17, 15) is 14.0 Å². The Labute approximate surface area is 167 Å². The van der Waals surface area contributed by atoms with E-state index in [4.69, 9.17) is 0 Å². The lowest BCUT2D eigenvalue weighted by Crippen LogP contribution is -2.51. The molecule has 1 unspecified atom stereocenters. The molecular weight excluding hydrogens is 357 g/mol. The van der Waals surface area contributed by atoms with Gasteiger partial charge in [-0.3, -0.25) is 9.59 Å². The van der Waals surface area contributed by atoms with Crippen LogP contribution in [0.3, 0.4) is 0 Å². The molecule has 0 spiro atoms. The minimum atomic E-state index is -0.231. The molecule has 154 valence electrons. The Bertz CT molecular complexity index is 663. The second kappa shape index (κ2) is 9.39. The van der Waals surface area contributed by atoms with Crippen molar-refractivity contribution in [1.82, 2.24) is 10.2 Å². The molecule has 0 radical (unpaired) electrons. The molecule has 1 heterocycles. The van der Waals surface area contributed by atoms with Gasteiger partial charge in [-0.05, 0) is 63.3 Å². The molecule has 28 heavy (non-hydrogen) atoms. The molecule has 6 heteroatoms. The van der Waals surface area contributed by atoms with Crippen LogP contribution in [0.5, 0.6) is 0 Å². The normalized spacial score (nSPS) is 24.0. The molecule has 3 rings (SSSR count). The van der Waals surface area contributed by atoms with Gasteiger partial charge in [-0.15, -0.1) is 0 Å². The summed E-state index contributed by atoms with van der Waals surface area (Å²) in [5.41, 5.74) is 1.00. The monoisotopic (exact) mass is 389 g/mol. The fraction of sp³-hybridized carbons (Fsp3) is 0.636. The fourth-order valence-electron chi connectivity index (χ4n) is 4.16. The Balaban J connectivity index is 1.44. The smallest absolute Gasteiger partial charge is 0.225 e. The maximum absolute atomic E-state index is 13.1. The van der Waals surface area contributed by atoms with E-state index in [1.807, 2.05) is 11.8 Å². The zero-order valence-corrected chi connectivity index (χ0v) is 17.0. The molecule has 1 aliphatic carbocycles. The molecule has 2 amide bonds. The highest BCUT2D eigenvalue weighted by atomic mass is 19.1. The Kier molecular flexibility index (Phi) is 6.92. The summed E-state index contributed by atoms with van der Waals surface area (Å²) >= 11 is 0. The summed E-state index contributed by atoms with van der Waals surface area (Å²) in [6.07, 6.45) is 4.14. The third-order valence-electron chi connectivity index (χ3n) is 6.23. The van der Waals surface area contributed by atoms with Gasteiger partial charge < -0.3 is 15.1 Å². The second-order valence-electron chi connectivity index (χ2n) is 8.16. The van der Waals surface area contributed by atoms with E-state index in [0.717, 1.165) is 50.9 Å². The summed E-state index contributed by atoms with van der Waals surface area (Å²) in [7, 11) is 0. The first-order valence-corrected chi connectivity index (χ1v) is 10.6. The highest BCUT2D eigenvalue weighted by Crippen LogP contribution is 2.31. The number of hydrogen-bond donors (Lipinski definition) is 1. The average molecular weight is 390 g/mol. The summed E-state index contributed by atoms with van der Waals surface area (Å²) in [6.45, 7) is 7.03. The maximum atomic E-state index is 13.1. The van der Waals surface area contributed by atoms with Crippen LogP contribution >= 0.6 is 0 Å². The van der Waals surface area contributed by atoms with Gasteiger partial charge in [0.05, 0.1) is 0 Å². The van der Waals surface area contributed by atoms with Gasteiger partial charge in [0, 0.05) is 49.7 Å². The van der Waals surface area contributed by atoms with Crippen LogP contribution in [0, 0.1) is 17.7 Å². The van der Waals surface area contributed by atoms with E-state index >= 15 is 0 Å². The summed E-state index contributed by atoms with van der Waals surface area (Å²) in [6, 6.07) is 6.74. The Morgan fingerprint density at radius 2 is 1.61 bits per heavy atom. The Morgan fingerprint density at radius 3 is 2.18 bits per heavy atom. The number of halogens is 1. The van der Waals surface area contributed by atoms with Gasteiger partial charge in [0.1, 0.15) is 5.82 Å². The molecule has 5 nitrogen and oxygen atoms in total. The molecule has 1 N–H and O–H groups in total. The standard InChI is InChI=1S/C22H32FN3O2/c1-3-16(2)24-21(27)17-4-6-18(7-5-17)22(28)26-14-12-25(13-15-26)20-10-8-19(23)9-11-20/h8-11,16-18H,3-7,12-15H2,1-2H3,(H,24,27). The number of carbonyl (C=O) groups is 2. The predicted molar refractivity (Wildman–Crippen MR) is 109 cm³/mol. The molecule has 1 atom stereocenters. The molecule has 2 aliphatic rings. The largest absolute Gasteiger partial charge is 0.368 e. The number of hydrogen-bond acceptors (Lipinski definition) is 3. The molecule has 0 bridgehead atoms. The van der Waals surface area contributed by atoms with Gasteiger partial charge in [-0.2, -0.15) is 0 Å². The first-order valence-electron chi connectivity index (χ1n) is 10.6. The number of rotatable bonds is 5. The number of piperazine rings is 1. The van der Waals surface area contributed by atoms with Crippen molar-refractivity contribution < 1.29 is 14.0 Å². The predicted octanol–water partition coefficient (Wildman–Crippen LogP) is 3.20. The highest BCUT2D eigenvalue weighted by molar-refractivity contribution is 5.81. The number of benzene rings is 1. The van der Waals surface area contributed by atoms with E-state index < -0.39 is 0 Å². The van der Waals surface area contributed by atoms with Gasteiger partial charge in [0.15, 0.2) is 0 Å². The molecule has 1 saturated carbocycles. The van der Waals surface area contributed by atoms with Crippen LogP contribution < -0.4 is 10.2 Å². The van der Waals surface area contributed by atoms with Crippen molar-refractivity contribution in [1.29, 1.82) is 0 Å². The van der Waals surface area contributed by atoms with Crippen LogP contribution in [0.25, 0.3) is 0 Å². The molecule has 1 aliphatic heterocycles. The molecule has 2 fully saturated rings. The lowest BCUT2D eigenvalue weighted by atomic mass is 9.80. The molecule has 1 aromatic carbocycles. The van der Waals surface area contributed by atoms with E-state index in [-0.39, 0.29) is 35.5 Å². The van der Waals surface area contributed by atoms with Crippen LogP contribution in [-0.2, 0) is 9.59 Å². The lowest BCUT2D eigenvalue weighted by Gasteiger charge is -2.38. The Hall–Kier alpha value is -2.11. The van der Waals surface area contributed by atoms with Gasteiger partial charge in [0.25, 0.3) is 0 Å². The topological polar surface area (TPSA) is 52.7 Å². The molecule has 0 aromatic heterocycles. The van der Waals surface area contributed by atoms with E-state index in [0.29, 0.717) is 13.1 Å². The first-order chi connectivity index (χ1) is 13.5. The minimum absolute atomic E-state index is 0.0463. The van der Waals surface area contributed by atoms with Crippen molar-refractivity contribution >= 4 is 17.5 Å². The van der Waals surface area contributed by atoms with E-state index in [2.05, 4.69) is 17.1 Å². The summed E-state index contributed by atoms with van der Waals surface area (Å²) in [5.74, 6) is 0.247. The summed E-state index contributed by atoms with van der Waals surface area (Å²) in [5, 5.41) is 3.07. The molecule has 1 saturated heterocycles. The molecular formula is C22H32FN3O2. The first kappa shape index (κ1) is 20.6. The summed E-state index contributed by atoms with van der Waals surface area (Å²) in [4.78, 5) is 29.4. The minimum Gasteiger partial charge on any atom is -0.368 e. The third-order valence-corrected chi connectivity index (χ3v) is 6.23. The second-order valence-corrected chi connectivity index (χ2v) is 8.16. The van der Waals surface area contributed by atoms with Gasteiger partial charge in [0.2, 0.25) is 11.8 Å². The van der Waals surface area contributed by atoms with Crippen molar-refractivity contribution in [3.8, 4) is 0 Å². The zero-order valence-electron chi connectivity index (χ0n) is 17.0. The number of carbonyl (C=O) groups excluding carboxylic acids is 2. The lowest BCUT2D eigenvalue weighted by molar-refractivity contribution is -0.138. The number of nitrogens with zero attached hydrogens (tertiary/aromatic N) is 2. The van der Waals surface area contributed by atoms with Crippen LogP contribution in [0.1, 0.15) is 46.0 Å². The number of anilines is 1. The van der Waals surface area contributed by atoms with Gasteiger partial charge >= 0.3 is 0 Å². The van der Waals surface area contributed by atoms with Crippen LogP contribution in [0.2, 0.25) is 0 Å². The third kappa shape index (κ3) is 5.03.